The van der Waals surface area contributed by atoms with Crippen molar-refractivity contribution in [3.8, 4) is 0 Å². The summed E-state index contributed by atoms with van der Waals surface area (Å²) in [6, 6.07) is 1.04. The van der Waals surface area contributed by atoms with Gasteiger partial charge in [-0.05, 0) is 59.0 Å². The van der Waals surface area contributed by atoms with Crippen LogP contribution in [0.1, 0.15) is 52.4 Å². The standard InChI is InChI=1S/C15H27F3N2/c1-11(2)20-8-6-13(7-9-20)19-14-5-3-4-12(10-14)15(16,17)18/h11-14,19H,3-10H2,1-2H3. The van der Waals surface area contributed by atoms with Crippen molar-refractivity contribution in [1.82, 2.24) is 10.2 Å². The number of nitrogens with zero attached hydrogens (tertiary/aromatic N) is 1. The Kier molecular flexibility index (Phi) is 5.35. The molecule has 0 aromatic carbocycles. The van der Waals surface area contributed by atoms with Crippen LogP contribution in [0.3, 0.4) is 0 Å². The lowest BCUT2D eigenvalue weighted by Gasteiger charge is -2.38. The second kappa shape index (κ2) is 6.65. The number of rotatable bonds is 3. The van der Waals surface area contributed by atoms with Crippen molar-refractivity contribution in [3.63, 3.8) is 0 Å². The predicted molar refractivity (Wildman–Crippen MR) is 74.7 cm³/mol. The number of hydrogen-bond acceptors (Lipinski definition) is 2. The highest BCUT2D eigenvalue weighted by Crippen LogP contribution is 2.37. The molecule has 5 heteroatoms. The SMILES string of the molecule is CC(C)N1CCC(NC2CCCC(C(F)(F)F)C2)CC1. The molecule has 0 radical (unpaired) electrons. The first-order chi connectivity index (χ1) is 9.36. The fourth-order valence-corrected chi connectivity index (χ4v) is 3.55. The molecule has 1 heterocycles. The van der Waals surface area contributed by atoms with E-state index in [-0.39, 0.29) is 12.5 Å². The smallest absolute Gasteiger partial charge is 0.311 e. The van der Waals surface area contributed by atoms with Crippen LogP contribution in [-0.2, 0) is 0 Å². The first-order valence-corrected chi connectivity index (χ1v) is 7.93. The molecular weight excluding hydrogens is 265 g/mol. The summed E-state index contributed by atoms with van der Waals surface area (Å²) < 4.78 is 38.4. The van der Waals surface area contributed by atoms with E-state index in [1.165, 1.54) is 0 Å². The van der Waals surface area contributed by atoms with Crippen LogP contribution in [0.4, 0.5) is 13.2 Å². The molecule has 1 N–H and O–H groups in total. The fraction of sp³-hybridized carbons (Fsp3) is 1.00. The maximum Gasteiger partial charge on any atom is 0.391 e. The zero-order valence-corrected chi connectivity index (χ0v) is 12.5. The topological polar surface area (TPSA) is 15.3 Å². The van der Waals surface area contributed by atoms with Gasteiger partial charge >= 0.3 is 6.18 Å². The normalized spacial score (nSPS) is 30.9. The van der Waals surface area contributed by atoms with Crippen LogP contribution in [0.25, 0.3) is 0 Å². The summed E-state index contributed by atoms with van der Waals surface area (Å²) in [5.74, 6) is -1.09. The van der Waals surface area contributed by atoms with Crippen molar-refractivity contribution >= 4 is 0 Å². The summed E-state index contributed by atoms with van der Waals surface area (Å²) in [6.45, 7) is 6.52. The number of piperidine rings is 1. The third-order valence-corrected chi connectivity index (χ3v) is 4.87. The van der Waals surface area contributed by atoms with Gasteiger partial charge in [-0.1, -0.05) is 6.42 Å². The third kappa shape index (κ3) is 4.35. The van der Waals surface area contributed by atoms with Crippen LogP contribution >= 0.6 is 0 Å². The molecule has 2 fully saturated rings. The predicted octanol–water partition coefficient (Wildman–Crippen LogP) is 3.57. The Bertz CT molecular complexity index is 296. The molecule has 0 spiro atoms. The van der Waals surface area contributed by atoms with Gasteiger partial charge < -0.3 is 10.2 Å². The lowest BCUT2D eigenvalue weighted by Crippen LogP contribution is -2.49. The average molecular weight is 292 g/mol. The number of likely N-dealkylation sites (tertiary alicyclic amines) is 1. The van der Waals surface area contributed by atoms with Crippen molar-refractivity contribution < 1.29 is 13.2 Å². The highest BCUT2D eigenvalue weighted by Gasteiger charge is 2.42. The Morgan fingerprint density at radius 3 is 2.20 bits per heavy atom. The molecule has 2 aliphatic rings. The van der Waals surface area contributed by atoms with E-state index in [9.17, 15) is 13.2 Å². The first kappa shape index (κ1) is 16.1. The molecule has 0 amide bonds. The molecule has 1 saturated heterocycles. The second-order valence-electron chi connectivity index (χ2n) is 6.67. The Morgan fingerprint density at radius 2 is 1.65 bits per heavy atom. The minimum absolute atomic E-state index is 0.0611. The molecule has 0 bridgehead atoms. The maximum absolute atomic E-state index is 12.8. The van der Waals surface area contributed by atoms with Gasteiger partial charge in [0, 0.05) is 18.1 Å². The summed E-state index contributed by atoms with van der Waals surface area (Å²) in [5.41, 5.74) is 0. The number of halogens is 3. The second-order valence-corrected chi connectivity index (χ2v) is 6.67. The van der Waals surface area contributed by atoms with E-state index in [1.54, 1.807) is 0 Å². The van der Waals surface area contributed by atoms with Gasteiger partial charge in [-0.15, -0.1) is 0 Å². The zero-order chi connectivity index (χ0) is 14.8. The fourth-order valence-electron chi connectivity index (χ4n) is 3.55. The zero-order valence-electron chi connectivity index (χ0n) is 12.5. The van der Waals surface area contributed by atoms with Crippen molar-refractivity contribution in [2.45, 2.75) is 76.7 Å². The molecule has 118 valence electrons. The summed E-state index contributed by atoms with van der Waals surface area (Å²) in [6.07, 6.45) is 0.295. The van der Waals surface area contributed by atoms with E-state index in [1.807, 2.05) is 0 Å². The molecule has 2 rings (SSSR count). The van der Waals surface area contributed by atoms with Crippen molar-refractivity contribution in [2.75, 3.05) is 13.1 Å². The molecule has 1 aliphatic heterocycles. The van der Waals surface area contributed by atoms with Gasteiger partial charge in [0.15, 0.2) is 0 Å². The van der Waals surface area contributed by atoms with E-state index >= 15 is 0 Å². The van der Waals surface area contributed by atoms with Crippen molar-refractivity contribution in [3.05, 3.63) is 0 Å². The highest BCUT2D eigenvalue weighted by atomic mass is 19.4. The largest absolute Gasteiger partial charge is 0.391 e. The number of hydrogen-bond donors (Lipinski definition) is 1. The van der Waals surface area contributed by atoms with E-state index in [2.05, 4.69) is 24.1 Å². The van der Waals surface area contributed by atoms with Gasteiger partial charge in [-0.2, -0.15) is 13.2 Å². The van der Waals surface area contributed by atoms with Gasteiger partial charge in [-0.25, -0.2) is 0 Å². The molecule has 1 saturated carbocycles. The molecule has 20 heavy (non-hydrogen) atoms. The summed E-state index contributed by atoms with van der Waals surface area (Å²) in [4.78, 5) is 2.44. The van der Waals surface area contributed by atoms with Crippen LogP contribution < -0.4 is 5.32 Å². The molecule has 0 aromatic heterocycles. The van der Waals surface area contributed by atoms with Crippen LogP contribution in [0.2, 0.25) is 0 Å². The Balaban J connectivity index is 1.77. The monoisotopic (exact) mass is 292 g/mol. The minimum atomic E-state index is -4.01. The molecule has 0 aromatic rings. The Labute approximate surface area is 120 Å². The van der Waals surface area contributed by atoms with Gasteiger partial charge in [0.2, 0.25) is 0 Å². The Hall–Kier alpha value is -0.290. The van der Waals surface area contributed by atoms with E-state index in [0.29, 0.717) is 24.9 Å². The molecule has 1 aliphatic carbocycles. The lowest BCUT2D eigenvalue weighted by atomic mass is 9.84. The number of nitrogens with one attached hydrogen (secondary N) is 1. The van der Waals surface area contributed by atoms with E-state index < -0.39 is 12.1 Å². The van der Waals surface area contributed by atoms with Crippen LogP contribution in [0.15, 0.2) is 0 Å². The summed E-state index contributed by atoms with van der Waals surface area (Å²) in [7, 11) is 0. The van der Waals surface area contributed by atoms with Crippen molar-refractivity contribution in [2.24, 2.45) is 5.92 Å². The van der Waals surface area contributed by atoms with Crippen LogP contribution in [0.5, 0.6) is 0 Å². The van der Waals surface area contributed by atoms with Crippen molar-refractivity contribution in [1.29, 1.82) is 0 Å². The molecular formula is C15H27F3N2. The van der Waals surface area contributed by atoms with Gasteiger partial charge in [0.05, 0.1) is 5.92 Å². The molecule has 2 unspecified atom stereocenters. The molecule has 2 nitrogen and oxygen atoms in total. The summed E-state index contributed by atoms with van der Waals surface area (Å²) in [5, 5.41) is 3.49. The number of alkyl halides is 3. The van der Waals surface area contributed by atoms with Crippen LogP contribution in [-0.4, -0.2) is 42.3 Å². The van der Waals surface area contributed by atoms with Gasteiger partial charge in [-0.3, -0.25) is 0 Å². The molecule has 2 atom stereocenters. The van der Waals surface area contributed by atoms with Gasteiger partial charge in [0.1, 0.15) is 0 Å². The quantitative estimate of drug-likeness (QED) is 0.855. The van der Waals surface area contributed by atoms with E-state index in [0.717, 1.165) is 32.4 Å². The maximum atomic E-state index is 12.8. The summed E-state index contributed by atoms with van der Waals surface area (Å²) >= 11 is 0. The minimum Gasteiger partial charge on any atom is -0.311 e. The average Bonchev–Trinajstić information content (AvgIpc) is 2.38. The highest BCUT2D eigenvalue weighted by molar-refractivity contribution is 4.86. The lowest BCUT2D eigenvalue weighted by molar-refractivity contribution is -0.184. The first-order valence-electron chi connectivity index (χ1n) is 7.93. The van der Waals surface area contributed by atoms with Gasteiger partial charge in [0.25, 0.3) is 0 Å². The third-order valence-electron chi connectivity index (χ3n) is 4.87. The Morgan fingerprint density at radius 1 is 1.00 bits per heavy atom. The van der Waals surface area contributed by atoms with E-state index in [4.69, 9.17) is 0 Å². The van der Waals surface area contributed by atoms with Crippen LogP contribution in [0, 0.1) is 5.92 Å².